The molecule has 2 amide bonds. The maximum Gasteiger partial charge on any atom is 0.355 e. The van der Waals surface area contributed by atoms with Crippen molar-refractivity contribution in [1.29, 1.82) is 0 Å². The van der Waals surface area contributed by atoms with E-state index >= 15 is 0 Å². The number of rotatable bonds is 6. The van der Waals surface area contributed by atoms with Gasteiger partial charge in [0.15, 0.2) is 5.69 Å². The summed E-state index contributed by atoms with van der Waals surface area (Å²) in [6.45, 7) is 1.75. The average molecular weight is 335 g/mol. The predicted octanol–water partition coefficient (Wildman–Crippen LogP) is 0.588. The number of nitrogens with zero attached hydrogens (tertiary/aromatic N) is 2. The van der Waals surface area contributed by atoms with Gasteiger partial charge in [-0.05, 0) is 6.92 Å². The normalized spacial score (nSPS) is 12.7. The van der Waals surface area contributed by atoms with Crippen molar-refractivity contribution in [3.8, 4) is 0 Å². The van der Waals surface area contributed by atoms with Gasteiger partial charge in [0.25, 0.3) is 0 Å². The number of aromatic nitrogens is 1. The van der Waals surface area contributed by atoms with E-state index in [1.165, 1.54) is 17.3 Å². The predicted molar refractivity (Wildman–Crippen MR) is 78.4 cm³/mol. The highest BCUT2D eigenvalue weighted by Crippen LogP contribution is 2.18. The second kappa shape index (κ2) is 6.85. The van der Waals surface area contributed by atoms with Crippen molar-refractivity contribution >= 4 is 33.2 Å². The van der Waals surface area contributed by atoms with E-state index in [1.807, 2.05) is 0 Å². The van der Waals surface area contributed by atoms with E-state index in [0.717, 1.165) is 17.6 Å². The largest absolute Gasteiger partial charge is 0.476 e. The van der Waals surface area contributed by atoms with Crippen LogP contribution in [0.15, 0.2) is 5.38 Å². The minimum atomic E-state index is -3.14. The Kier molecular flexibility index (Phi) is 5.67. The number of carbonyl (C=O) groups is 2. The van der Waals surface area contributed by atoms with E-state index in [1.54, 1.807) is 6.92 Å². The van der Waals surface area contributed by atoms with Gasteiger partial charge in [-0.1, -0.05) is 0 Å². The van der Waals surface area contributed by atoms with Crippen LogP contribution in [-0.4, -0.2) is 61.0 Å². The van der Waals surface area contributed by atoms with Crippen LogP contribution in [0.1, 0.15) is 28.5 Å². The van der Waals surface area contributed by atoms with Crippen LogP contribution in [0.25, 0.3) is 0 Å². The highest BCUT2D eigenvalue weighted by molar-refractivity contribution is 7.90. The lowest BCUT2D eigenvalue weighted by Crippen LogP contribution is -2.40. The van der Waals surface area contributed by atoms with Gasteiger partial charge in [-0.2, -0.15) is 0 Å². The van der Waals surface area contributed by atoms with E-state index in [0.29, 0.717) is 5.01 Å². The van der Waals surface area contributed by atoms with Crippen LogP contribution in [-0.2, 0) is 9.84 Å². The Morgan fingerprint density at radius 3 is 2.62 bits per heavy atom. The highest BCUT2D eigenvalue weighted by atomic mass is 32.2. The van der Waals surface area contributed by atoms with Crippen molar-refractivity contribution in [3.63, 3.8) is 0 Å². The molecule has 0 spiro atoms. The van der Waals surface area contributed by atoms with Crippen LogP contribution >= 0.6 is 11.3 Å². The summed E-state index contributed by atoms with van der Waals surface area (Å²) in [5, 5.41) is 13.3. The fourth-order valence-corrected chi connectivity index (χ4v) is 2.75. The lowest BCUT2D eigenvalue weighted by molar-refractivity contribution is 0.0691. The zero-order valence-electron chi connectivity index (χ0n) is 11.9. The molecule has 1 heterocycles. The molecule has 0 fully saturated rings. The fraction of sp³-hybridized carbons (Fsp3) is 0.545. The maximum absolute atomic E-state index is 11.9. The first-order chi connectivity index (χ1) is 9.60. The zero-order chi connectivity index (χ0) is 16.2. The van der Waals surface area contributed by atoms with Gasteiger partial charge in [0.1, 0.15) is 14.8 Å². The van der Waals surface area contributed by atoms with E-state index in [2.05, 4.69) is 10.3 Å². The summed E-state index contributed by atoms with van der Waals surface area (Å²) in [7, 11) is -1.65. The topological polar surface area (TPSA) is 117 Å². The zero-order valence-corrected chi connectivity index (χ0v) is 13.5. The fourth-order valence-electron chi connectivity index (χ4n) is 1.35. The van der Waals surface area contributed by atoms with Crippen LogP contribution in [0.5, 0.6) is 0 Å². The molecule has 0 bridgehead atoms. The first kappa shape index (κ1) is 17.4. The Balaban J connectivity index is 2.58. The molecule has 1 aromatic heterocycles. The second-order valence-corrected chi connectivity index (χ2v) is 7.75. The summed E-state index contributed by atoms with van der Waals surface area (Å²) >= 11 is 1.14. The number of carbonyl (C=O) groups excluding carboxylic acids is 1. The van der Waals surface area contributed by atoms with Gasteiger partial charge in [0.2, 0.25) is 0 Å². The molecule has 1 atom stereocenters. The number of urea groups is 1. The van der Waals surface area contributed by atoms with E-state index in [-0.39, 0.29) is 18.0 Å². The Labute approximate surface area is 126 Å². The van der Waals surface area contributed by atoms with Crippen molar-refractivity contribution in [3.05, 3.63) is 16.1 Å². The Morgan fingerprint density at radius 2 is 2.14 bits per heavy atom. The molecular weight excluding hydrogens is 318 g/mol. The van der Waals surface area contributed by atoms with Gasteiger partial charge >= 0.3 is 12.0 Å². The van der Waals surface area contributed by atoms with E-state index < -0.39 is 27.9 Å². The molecule has 1 aromatic rings. The molecule has 0 saturated carbocycles. The van der Waals surface area contributed by atoms with Gasteiger partial charge in [-0.3, -0.25) is 0 Å². The molecule has 0 saturated heterocycles. The molecule has 0 radical (unpaired) electrons. The second-order valence-electron chi connectivity index (χ2n) is 4.60. The average Bonchev–Trinajstić information content (AvgIpc) is 2.84. The van der Waals surface area contributed by atoms with Crippen LogP contribution in [0.4, 0.5) is 4.79 Å². The molecule has 0 aliphatic carbocycles. The number of thiazole rings is 1. The van der Waals surface area contributed by atoms with Gasteiger partial charge in [0, 0.05) is 25.2 Å². The highest BCUT2D eigenvalue weighted by Gasteiger charge is 2.18. The molecule has 118 valence electrons. The molecule has 0 aliphatic heterocycles. The SMILES string of the molecule is CC(NC(=O)N(C)CCS(C)(=O)=O)c1nc(C(=O)O)cs1. The van der Waals surface area contributed by atoms with Crippen molar-refractivity contribution in [2.75, 3.05) is 25.6 Å². The molecule has 21 heavy (non-hydrogen) atoms. The molecular formula is C11H17N3O5S2. The molecule has 8 nitrogen and oxygen atoms in total. The van der Waals surface area contributed by atoms with Crippen LogP contribution in [0.2, 0.25) is 0 Å². The Hall–Kier alpha value is -1.68. The van der Waals surface area contributed by atoms with Crippen molar-refractivity contribution < 1.29 is 23.1 Å². The number of aromatic carboxylic acids is 1. The lowest BCUT2D eigenvalue weighted by Gasteiger charge is -2.20. The lowest BCUT2D eigenvalue weighted by atomic mass is 10.3. The molecule has 10 heteroatoms. The Morgan fingerprint density at radius 1 is 1.52 bits per heavy atom. The molecule has 1 rings (SSSR count). The quantitative estimate of drug-likeness (QED) is 0.786. The standard InChI is InChI=1S/C11H17N3O5S2/c1-7(9-13-8(6-20-9)10(15)16)12-11(17)14(2)4-5-21(3,18)19/h6-7H,4-5H2,1-3H3,(H,12,17)(H,15,16). The van der Waals surface area contributed by atoms with E-state index in [4.69, 9.17) is 5.11 Å². The third-order valence-corrected chi connectivity index (χ3v) is 4.55. The Bertz CT molecular complexity index is 626. The number of carboxylic acids is 1. The van der Waals surface area contributed by atoms with Gasteiger partial charge in [0.05, 0.1) is 11.8 Å². The molecule has 2 N–H and O–H groups in total. The smallest absolute Gasteiger partial charge is 0.355 e. The third-order valence-electron chi connectivity index (χ3n) is 2.60. The van der Waals surface area contributed by atoms with Crippen molar-refractivity contribution in [2.45, 2.75) is 13.0 Å². The van der Waals surface area contributed by atoms with E-state index in [9.17, 15) is 18.0 Å². The van der Waals surface area contributed by atoms with Crippen LogP contribution in [0, 0.1) is 0 Å². The number of sulfone groups is 1. The number of hydrogen-bond acceptors (Lipinski definition) is 6. The summed E-state index contributed by atoms with van der Waals surface area (Å²) in [4.78, 5) is 27.8. The number of hydrogen-bond donors (Lipinski definition) is 2. The minimum absolute atomic E-state index is 0.0680. The van der Waals surface area contributed by atoms with Crippen LogP contribution in [0.3, 0.4) is 0 Å². The number of carboxylic acid groups (broad SMARTS) is 1. The minimum Gasteiger partial charge on any atom is -0.476 e. The number of nitrogens with one attached hydrogen (secondary N) is 1. The first-order valence-corrected chi connectivity index (χ1v) is 8.92. The molecule has 1 unspecified atom stereocenters. The summed E-state index contributed by atoms with van der Waals surface area (Å²) in [5.74, 6) is -1.24. The molecule has 0 aromatic carbocycles. The van der Waals surface area contributed by atoms with Crippen molar-refractivity contribution in [2.24, 2.45) is 0 Å². The van der Waals surface area contributed by atoms with Gasteiger partial charge in [-0.15, -0.1) is 11.3 Å². The third kappa shape index (κ3) is 5.68. The molecule has 0 aliphatic rings. The summed E-state index contributed by atoms with van der Waals surface area (Å²) < 4.78 is 22.1. The maximum atomic E-state index is 11.9. The summed E-state index contributed by atoms with van der Waals surface area (Å²) in [6, 6.07) is -0.908. The van der Waals surface area contributed by atoms with Crippen molar-refractivity contribution in [1.82, 2.24) is 15.2 Å². The summed E-state index contributed by atoms with van der Waals surface area (Å²) in [6.07, 6.45) is 1.10. The van der Waals surface area contributed by atoms with Gasteiger partial charge in [-0.25, -0.2) is 23.0 Å². The van der Waals surface area contributed by atoms with Crippen LogP contribution < -0.4 is 5.32 Å². The summed E-state index contributed by atoms with van der Waals surface area (Å²) in [5.41, 5.74) is -0.0680. The first-order valence-electron chi connectivity index (χ1n) is 5.98. The van der Waals surface area contributed by atoms with Gasteiger partial charge < -0.3 is 15.3 Å². The number of amides is 2. The monoisotopic (exact) mass is 335 g/mol.